The second-order valence-corrected chi connectivity index (χ2v) is 9.20. The van der Waals surface area contributed by atoms with Gasteiger partial charge in [0.05, 0.1) is 6.04 Å². The maximum Gasteiger partial charge on any atom is 0.387 e. The van der Waals surface area contributed by atoms with Gasteiger partial charge in [0.25, 0.3) is 0 Å². The Morgan fingerprint density at radius 2 is 1.62 bits per heavy atom. The third-order valence-corrected chi connectivity index (χ3v) is 6.76. The smallest absolute Gasteiger partial charge is 0.387 e. The summed E-state index contributed by atoms with van der Waals surface area (Å²) in [5, 5.41) is 15.0. The van der Waals surface area contributed by atoms with Gasteiger partial charge in [0.15, 0.2) is 23.9 Å². The Hall–Kier alpha value is -4.34. The average molecular weight is 540 g/mol. The maximum absolute atomic E-state index is 13.1. The van der Waals surface area contributed by atoms with Gasteiger partial charge in [-0.3, -0.25) is 0 Å². The first-order valence-electron chi connectivity index (χ1n) is 12.4. The predicted molar refractivity (Wildman–Crippen MR) is 136 cm³/mol. The number of ether oxygens (including phenoxy) is 2. The third-order valence-electron chi connectivity index (χ3n) is 6.76. The van der Waals surface area contributed by atoms with Crippen LogP contribution in [0.25, 0.3) is 0 Å². The van der Waals surface area contributed by atoms with E-state index in [0.717, 1.165) is 24.0 Å². The van der Waals surface area contributed by atoms with E-state index in [2.05, 4.69) is 31.9 Å². The first-order valence-corrected chi connectivity index (χ1v) is 12.4. The Morgan fingerprint density at radius 3 is 2.33 bits per heavy atom. The Bertz CT molecular complexity index is 1400. The molecule has 2 aromatic carbocycles. The number of aromatic nitrogens is 2. The van der Waals surface area contributed by atoms with Crippen LogP contribution in [-0.2, 0) is 12.8 Å². The van der Waals surface area contributed by atoms with Gasteiger partial charge in [0, 0.05) is 24.2 Å². The number of hydrogen-bond acceptors (Lipinski definition) is 5. The molecule has 10 heteroatoms. The fourth-order valence-corrected chi connectivity index (χ4v) is 4.95. The molecular formula is C29H25F4N3O3. The van der Waals surface area contributed by atoms with Crippen LogP contribution in [0.3, 0.4) is 0 Å². The average Bonchev–Trinajstić information content (AvgIpc) is 3.32. The second-order valence-electron chi connectivity index (χ2n) is 9.20. The Labute approximate surface area is 222 Å². The number of benzene rings is 2. The number of anilines is 1. The van der Waals surface area contributed by atoms with Gasteiger partial charge in [-0.05, 0) is 65.3 Å². The van der Waals surface area contributed by atoms with Crippen LogP contribution in [0.1, 0.15) is 46.2 Å². The standard InChI is InChI=1S/C29H25F4N3O3/c30-28(31)38-25-9-6-20(16-26(25)39-29(32)33)23(15-18-11-13-36(37)14-12-18)21-7-10-27(34-17-21)35-24-8-5-19-3-1-2-4-22(19)24/h1-4,6-7,9-14,16-17,23-24,28-29H,5,8,15H2,(H,34,35). The monoisotopic (exact) mass is 539 g/mol. The van der Waals surface area contributed by atoms with Crippen molar-refractivity contribution in [2.45, 2.75) is 44.4 Å². The van der Waals surface area contributed by atoms with E-state index >= 15 is 0 Å². The summed E-state index contributed by atoms with van der Waals surface area (Å²) in [7, 11) is 0. The van der Waals surface area contributed by atoms with E-state index in [4.69, 9.17) is 0 Å². The van der Waals surface area contributed by atoms with Gasteiger partial charge in [-0.25, -0.2) is 4.98 Å². The quantitative estimate of drug-likeness (QED) is 0.144. The van der Waals surface area contributed by atoms with E-state index in [1.807, 2.05) is 24.3 Å². The lowest BCUT2D eigenvalue weighted by molar-refractivity contribution is -0.605. The van der Waals surface area contributed by atoms with Crippen molar-refractivity contribution in [3.05, 3.63) is 118 Å². The Morgan fingerprint density at radius 1 is 0.897 bits per heavy atom. The normalized spacial score (nSPS) is 15.3. The number of rotatable bonds is 10. The molecule has 0 saturated heterocycles. The van der Waals surface area contributed by atoms with Crippen molar-refractivity contribution in [3.8, 4) is 11.5 Å². The molecule has 6 nitrogen and oxygen atoms in total. The number of fused-ring (bicyclic) bond motifs is 1. The van der Waals surface area contributed by atoms with Crippen molar-refractivity contribution in [2.75, 3.05) is 5.32 Å². The fraction of sp³-hybridized carbons (Fsp3) is 0.241. The summed E-state index contributed by atoms with van der Waals surface area (Å²) in [6.07, 6.45) is 6.75. The first kappa shape index (κ1) is 26.3. The van der Waals surface area contributed by atoms with Crippen LogP contribution in [0.15, 0.2) is 85.3 Å². The van der Waals surface area contributed by atoms with E-state index in [-0.39, 0.29) is 6.04 Å². The van der Waals surface area contributed by atoms with Crippen molar-refractivity contribution in [1.82, 2.24) is 4.98 Å². The van der Waals surface area contributed by atoms with Crippen LogP contribution in [-0.4, -0.2) is 18.2 Å². The summed E-state index contributed by atoms with van der Waals surface area (Å²) in [5.74, 6) is -0.713. The molecule has 0 saturated carbocycles. The first-order chi connectivity index (χ1) is 18.9. The number of hydrogen-bond donors (Lipinski definition) is 1. The van der Waals surface area contributed by atoms with Crippen LogP contribution in [0.2, 0.25) is 0 Å². The summed E-state index contributed by atoms with van der Waals surface area (Å²) >= 11 is 0. The van der Waals surface area contributed by atoms with Gasteiger partial charge in [-0.2, -0.15) is 22.3 Å². The lowest BCUT2D eigenvalue weighted by Crippen LogP contribution is -2.24. The number of alkyl halides is 4. The second kappa shape index (κ2) is 11.6. The van der Waals surface area contributed by atoms with Crippen molar-refractivity contribution in [2.24, 2.45) is 0 Å². The Kier molecular flexibility index (Phi) is 7.81. The molecule has 1 aliphatic rings. The lowest BCUT2D eigenvalue weighted by atomic mass is 9.86. The number of halogens is 4. The van der Waals surface area contributed by atoms with Gasteiger partial charge < -0.3 is 20.0 Å². The molecule has 1 aliphatic carbocycles. The Balaban J connectivity index is 1.45. The zero-order valence-electron chi connectivity index (χ0n) is 20.6. The van der Waals surface area contributed by atoms with Crippen molar-refractivity contribution >= 4 is 5.82 Å². The minimum absolute atomic E-state index is 0.148. The fourth-order valence-electron chi connectivity index (χ4n) is 4.95. The summed E-state index contributed by atoms with van der Waals surface area (Å²) in [4.78, 5) is 4.60. The highest BCUT2D eigenvalue weighted by molar-refractivity contribution is 5.48. The zero-order chi connectivity index (χ0) is 27.4. The van der Waals surface area contributed by atoms with Gasteiger partial charge in [-0.1, -0.05) is 36.4 Å². The molecule has 2 unspecified atom stereocenters. The SMILES string of the molecule is [O-][n+]1ccc(CC(c2ccc(NC3CCc4ccccc43)nc2)c2ccc(OC(F)F)c(OC(F)F)c2)cc1. The molecule has 2 atom stereocenters. The van der Waals surface area contributed by atoms with E-state index in [9.17, 15) is 22.8 Å². The summed E-state index contributed by atoms with van der Waals surface area (Å²) in [5.41, 5.74) is 4.66. The van der Waals surface area contributed by atoms with Crippen molar-refractivity contribution < 1.29 is 31.8 Å². The molecule has 0 amide bonds. The summed E-state index contributed by atoms with van der Waals surface area (Å²) < 4.78 is 61.3. The number of nitrogens with zero attached hydrogens (tertiary/aromatic N) is 2. The minimum Gasteiger partial charge on any atom is -0.619 e. The molecule has 1 N–H and O–H groups in total. The van der Waals surface area contributed by atoms with E-state index < -0.39 is 30.6 Å². The van der Waals surface area contributed by atoms with E-state index in [0.29, 0.717) is 22.5 Å². The largest absolute Gasteiger partial charge is 0.619 e. The molecule has 0 aliphatic heterocycles. The lowest BCUT2D eigenvalue weighted by Gasteiger charge is -2.21. The van der Waals surface area contributed by atoms with Crippen LogP contribution < -0.4 is 19.5 Å². The number of pyridine rings is 2. The molecule has 0 bridgehead atoms. The molecule has 202 valence electrons. The highest BCUT2D eigenvalue weighted by Crippen LogP contribution is 2.38. The third kappa shape index (κ3) is 6.39. The molecule has 2 aromatic heterocycles. The molecule has 0 fully saturated rings. The van der Waals surface area contributed by atoms with Crippen molar-refractivity contribution in [3.63, 3.8) is 0 Å². The maximum atomic E-state index is 13.1. The van der Waals surface area contributed by atoms with Gasteiger partial charge in [0.1, 0.15) is 5.82 Å². The molecule has 4 aromatic rings. The zero-order valence-corrected chi connectivity index (χ0v) is 20.6. The number of nitrogens with one attached hydrogen (secondary N) is 1. The minimum atomic E-state index is -3.23. The van der Waals surface area contributed by atoms with Crippen molar-refractivity contribution in [1.29, 1.82) is 0 Å². The van der Waals surface area contributed by atoms with Crippen LogP contribution in [0.4, 0.5) is 23.4 Å². The molecule has 5 rings (SSSR count). The molecule has 0 spiro atoms. The van der Waals surface area contributed by atoms with Crippen LogP contribution in [0, 0.1) is 5.21 Å². The molecule has 0 radical (unpaired) electrons. The van der Waals surface area contributed by atoms with E-state index in [1.165, 1.54) is 41.7 Å². The predicted octanol–water partition coefficient (Wildman–Crippen LogP) is 6.39. The van der Waals surface area contributed by atoms with Gasteiger partial charge in [0.2, 0.25) is 0 Å². The topological polar surface area (TPSA) is 70.3 Å². The van der Waals surface area contributed by atoms with Gasteiger partial charge in [-0.15, -0.1) is 0 Å². The highest BCUT2D eigenvalue weighted by atomic mass is 19.3. The summed E-state index contributed by atoms with van der Waals surface area (Å²) in [6.45, 7) is -6.43. The van der Waals surface area contributed by atoms with E-state index in [1.54, 1.807) is 18.3 Å². The highest BCUT2D eigenvalue weighted by Gasteiger charge is 2.24. The number of aryl methyl sites for hydroxylation is 1. The van der Waals surface area contributed by atoms with Crippen LogP contribution in [0.5, 0.6) is 11.5 Å². The van der Waals surface area contributed by atoms with Crippen LogP contribution >= 0.6 is 0 Å². The summed E-state index contributed by atoms with van der Waals surface area (Å²) in [6, 6.07) is 19.5. The van der Waals surface area contributed by atoms with Gasteiger partial charge >= 0.3 is 13.2 Å². The molecular weight excluding hydrogens is 514 g/mol. The molecule has 39 heavy (non-hydrogen) atoms. The molecule has 2 heterocycles.